The summed E-state index contributed by atoms with van der Waals surface area (Å²) in [5, 5.41) is 77.7. The quantitative estimate of drug-likeness (QED) is 0.255. The summed E-state index contributed by atoms with van der Waals surface area (Å²) < 4.78 is 17.3. The van der Waals surface area contributed by atoms with Gasteiger partial charge >= 0.3 is 0 Å². The predicted molar refractivity (Wildman–Crippen MR) is 133 cm³/mol. The first-order valence-electron chi connectivity index (χ1n) is 12.7. The Labute approximate surface area is 219 Å². The number of methoxy groups -OCH3 is 1. The van der Waals surface area contributed by atoms with Gasteiger partial charge in [0.25, 0.3) is 0 Å². The second-order valence-electron chi connectivity index (χ2n) is 10.6. The van der Waals surface area contributed by atoms with Crippen LogP contribution in [0.2, 0.25) is 0 Å². The first-order chi connectivity index (χ1) is 17.9. The minimum absolute atomic E-state index is 0.0756. The van der Waals surface area contributed by atoms with E-state index in [2.05, 4.69) is 0 Å². The molecule has 3 aliphatic rings. The Kier molecular flexibility index (Phi) is 6.86. The number of hydrogen-bond donors (Lipinski definition) is 8. The fraction of sp³-hybridized carbons (Fsp3) is 0.556. The van der Waals surface area contributed by atoms with Gasteiger partial charge in [-0.15, -0.1) is 0 Å². The summed E-state index contributed by atoms with van der Waals surface area (Å²) in [6.07, 6.45) is -7.99. The second kappa shape index (κ2) is 9.61. The van der Waals surface area contributed by atoms with Crippen LogP contribution < -0.4 is 10.5 Å². The van der Waals surface area contributed by atoms with Crippen LogP contribution in [-0.2, 0) is 15.9 Å². The van der Waals surface area contributed by atoms with Crippen molar-refractivity contribution in [1.82, 2.24) is 0 Å². The average molecular weight is 534 g/mol. The maximum absolute atomic E-state index is 11.6. The highest BCUT2D eigenvalue weighted by atomic mass is 16.7. The van der Waals surface area contributed by atoms with Gasteiger partial charge in [0, 0.05) is 53.1 Å². The number of rotatable bonds is 4. The molecule has 2 aromatic rings. The SMILES string of the molecule is COc1cccc2c1C(O)c1c(O)c3c(c(O)c1C2O)C[C@@](O)(C(C)O)C[C@@H]3O[C@H]1C[C@H](N)[C@H](O)[C@H](C)O1. The fourth-order valence-corrected chi connectivity index (χ4v) is 6.07. The molecule has 1 heterocycles. The first-order valence-corrected chi connectivity index (χ1v) is 12.7. The molecule has 0 saturated carbocycles. The maximum atomic E-state index is 11.6. The summed E-state index contributed by atoms with van der Waals surface area (Å²) in [5.74, 6) is -0.545. The molecule has 0 amide bonds. The van der Waals surface area contributed by atoms with Crippen LogP contribution in [0.4, 0.5) is 0 Å². The minimum atomic E-state index is -1.75. The number of aromatic hydroxyl groups is 2. The molecular formula is C27H35NO10. The van der Waals surface area contributed by atoms with Crippen LogP contribution >= 0.6 is 0 Å². The topological polar surface area (TPSA) is 195 Å². The van der Waals surface area contributed by atoms with E-state index in [1.165, 1.54) is 14.0 Å². The zero-order valence-corrected chi connectivity index (χ0v) is 21.4. The number of ether oxygens (including phenoxy) is 3. The lowest BCUT2D eigenvalue weighted by Gasteiger charge is -2.44. The lowest BCUT2D eigenvalue weighted by molar-refractivity contribution is -0.250. The molecule has 0 radical (unpaired) electrons. The molecule has 3 unspecified atom stereocenters. The number of hydrogen-bond acceptors (Lipinski definition) is 11. The van der Waals surface area contributed by atoms with E-state index in [0.717, 1.165) is 0 Å². The largest absolute Gasteiger partial charge is 0.507 e. The molecule has 38 heavy (non-hydrogen) atoms. The maximum Gasteiger partial charge on any atom is 0.160 e. The van der Waals surface area contributed by atoms with Crippen LogP contribution in [0.1, 0.15) is 78.4 Å². The molecule has 11 heteroatoms. The van der Waals surface area contributed by atoms with E-state index in [-0.39, 0.29) is 47.1 Å². The van der Waals surface area contributed by atoms with Gasteiger partial charge in [0.05, 0.1) is 37.1 Å². The van der Waals surface area contributed by atoms with Crippen molar-refractivity contribution in [3.8, 4) is 17.2 Å². The van der Waals surface area contributed by atoms with Crippen molar-refractivity contribution in [2.75, 3.05) is 7.11 Å². The number of aliphatic hydroxyl groups is 5. The Bertz CT molecular complexity index is 1220. The molecule has 2 aromatic carbocycles. The molecule has 1 fully saturated rings. The average Bonchev–Trinajstić information content (AvgIpc) is 2.87. The van der Waals surface area contributed by atoms with Gasteiger partial charge in [-0.3, -0.25) is 0 Å². The van der Waals surface area contributed by atoms with Crippen LogP contribution in [0.3, 0.4) is 0 Å². The van der Waals surface area contributed by atoms with Crippen molar-refractivity contribution in [3.05, 3.63) is 51.6 Å². The molecule has 9 N–H and O–H groups in total. The summed E-state index contributed by atoms with van der Waals surface area (Å²) in [6, 6.07) is 4.19. The number of benzene rings is 2. The van der Waals surface area contributed by atoms with Crippen LogP contribution in [0.5, 0.6) is 17.2 Å². The predicted octanol–water partition coefficient (Wildman–Crippen LogP) is 0.522. The normalized spacial score (nSPS) is 35.1. The van der Waals surface area contributed by atoms with E-state index in [1.54, 1.807) is 25.1 Å². The van der Waals surface area contributed by atoms with Gasteiger partial charge in [0.1, 0.15) is 29.5 Å². The summed E-state index contributed by atoms with van der Waals surface area (Å²) in [4.78, 5) is 0. The van der Waals surface area contributed by atoms with E-state index >= 15 is 0 Å². The molecule has 2 aliphatic carbocycles. The van der Waals surface area contributed by atoms with E-state index in [4.69, 9.17) is 19.9 Å². The van der Waals surface area contributed by atoms with E-state index in [1.807, 2.05) is 0 Å². The molecule has 1 aliphatic heterocycles. The molecule has 9 atom stereocenters. The minimum Gasteiger partial charge on any atom is -0.507 e. The van der Waals surface area contributed by atoms with Crippen molar-refractivity contribution < 1.29 is 50.0 Å². The zero-order chi connectivity index (χ0) is 27.7. The standard InChI is InChI=1S/C27H35NO10/c1-10-22(30)14(28)7-17(37-10)38-16-9-27(35,11(2)29)8-13-19(16)26(34)21-20(24(13)32)23(31)12-5-4-6-15(36-3)18(12)25(21)33/h4-6,10-11,14,16-17,22-23,25,29-35H,7-9,28H2,1-3H3/t10-,11?,14-,16-,17-,22+,23?,25?,27-/m0/s1. The fourth-order valence-electron chi connectivity index (χ4n) is 6.07. The van der Waals surface area contributed by atoms with Crippen LogP contribution in [0.15, 0.2) is 18.2 Å². The summed E-state index contributed by atoms with van der Waals surface area (Å²) >= 11 is 0. The van der Waals surface area contributed by atoms with Crippen LogP contribution in [0, 0.1) is 0 Å². The molecule has 0 aromatic heterocycles. The lowest BCUT2D eigenvalue weighted by atomic mass is 9.71. The van der Waals surface area contributed by atoms with Crippen LogP contribution in [-0.4, -0.2) is 79.1 Å². The Morgan fingerprint density at radius 3 is 2.37 bits per heavy atom. The second-order valence-corrected chi connectivity index (χ2v) is 10.6. The Balaban J connectivity index is 1.66. The highest BCUT2D eigenvalue weighted by molar-refractivity contribution is 5.68. The third-order valence-electron chi connectivity index (χ3n) is 8.29. The molecule has 1 saturated heterocycles. The number of fused-ring (bicyclic) bond motifs is 3. The third kappa shape index (κ3) is 4.05. The molecule has 208 valence electrons. The molecule has 5 rings (SSSR count). The van der Waals surface area contributed by atoms with Crippen molar-refractivity contribution in [2.24, 2.45) is 5.73 Å². The first kappa shape index (κ1) is 27.1. The summed E-state index contributed by atoms with van der Waals surface area (Å²) in [7, 11) is 1.42. The Hall–Kier alpha value is -2.48. The van der Waals surface area contributed by atoms with Gasteiger partial charge in [0.15, 0.2) is 6.29 Å². The summed E-state index contributed by atoms with van der Waals surface area (Å²) in [6.45, 7) is 3.05. The monoisotopic (exact) mass is 533 g/mol. The van der Waals surface area contributed by atoms with Crippen molar-refractivity contribution >= 4 is 0 Å². The van der Waals surface area contributed by atoms with Crippen LogP contribution in [0.25, 0.3) is 0 Å². The van der Waals surface area contributed by atoms with Gasteiger partial charge in [-0.1, -0.05) is 12.1 Å². The number of phenolic OH excluding ortho intramolecular Hbond substituents is 2. The van der Waals surface area contributed by atoms with Gasteiger partial charge in [-0.05, 0) is 25.5 Å². The summed E-state index contributed by atoms with van der Waals surface area (Å²) in [5.41, 5.74) is 4.82. The van der Waals surface area contributed by atoms with Gasteiger partial charge < -0.3 is 55.7 Å². The highest BCUT2D eigenvalue weighted by Crippen LogP contribution is 2.57. The van der Waals surface area contributed by atoms with E-state index < -0.39 is 66.1 Å². The highest BCUT2D eigenvalue weighted by Gasteiger charge is 2.49. The van der Waals surface area contributed by atoms with Gasteiger partial charge in [-0.2, -0.15) is 0 Å². The molecule has 11 nitrogen and oxygen atoms in total. The smallest absolute Gasteiger partial charge is 0.160 e. The zero-order valence-electron chi connectivity index (χ0n) is 21.4. The van der Waals surface area contributed by atoms with E-state index in [0.29, 0.717) is 11.3 Å². The van der Waals surface area contributed by atoms with E-state index in [9.17, 15) is 35.7 Å². The van der Waals surface area contributed by atoms with Crippen molar-refractivity contribution in [1.29, 1.82) is 0 Å². The molecule has 0 bridgehead atoms. The third-order valence-corrected chi connectivity index (χ3v) is 8.29. The van der Waals surface area contributed by atoms with Crippen molar-refractivity contribution in [3.63, 3.8) is 0 Å². The number of aliphatic hydroxyl groups excluding tert-OH is 4. The molecule has 0 spiro atoms. The Morgan fingerprint density at radius 1 is 1.05 bits per heavy atom. The lowest BCUT2D eigenvalue weighted by Crippen LogP contribution is -2.53. The Morgan fingerprint density at radius 2 is 1.74 bits per heavy atom. The number of phenols is 2. The van der Waals surface area contributed by atoms with Gasteiger partial charge in [0.2, 0.25) is 0 Å². The molecular weight excluding hydrogens is 498 g/mol. The van der Waals surface area contributed by atoms with Crippen molar-refractivity contribution in [2.45, 2.75) is 87.7 Å². The van der Waals surface area contributed by atoms with Gasteiger partial charge in [-0.25, -0.2) is 0 Å². The number of nitrogens with two attached hydrogens (primary N) is 1.